The Hall–Kier alpha value is -0.600. The van der Waals surface area contributed by atoms with Crippen LogP contribution >= 0.6 is 0 Å². The zero-order valence-electron chi connectivity index (χ0n) is 7.31. The second kappa shape index (κ2) is 3.46. The van der Waals surface area contributed by atoms with Gasteiger partial charge in [0.1, 0.15) is 0 Å². The van der Waals surface area contributed by atoms with Crippen molar-refractivity contribution >= 4 is 0 Å². The molecule has 0 heterocycles. The number of halogens is 8. The monoisotopic (exact) mass is 245 g/mol. The smallest absolute Gasteiger partial charge is 0.325 e. The number of rotatable bonds is 4. The lowest BCUT2D eigenvalue weighted by Gasteiger charge is -2.34. The van der Waals surface area contributed by atoms with E-state index in [1.807, 2.05) is 0 Å². The Kier molecular flexibility index (Phi) is 3.32. The number of hydrogen-bond donors (Lipinski definition) is 1. The predicted molar refractivity (Wildman–Crippen MR) is 34.5 cm³/mol. The van der Waals surface area contributed by atoms with Crippen molar-refractivity contribution in [2.24, 2.45) is 5.73 Å². The van der Waals surface area contributed by atoms with Crippen molar-refractivity contribution in [1.29, 1.82) is 0 Å². The Morgan fingerprint density at radius 1 is 0.800 bits per heavy atom. The van der Waals surface area contributed by atoms with Crippen molar-refractivity contribution in [3.05, 3.63) is 0 Å². The standard InChI is InChI=1S/C6H7F8N/c1-3(7,8)5(11,12)6(13,14)4(9,10)2-15/h2,15H2,1H3. The third-order valence-corrected chi connectivity index (χ3v) is 1.66. The molecule has 1 nitrogen and oxygen atoms in total. The summed E-state index contributed by atoms with van der Waals surface area (Å²) in [7, 11) is 0. The summed E-state index contributed by atoms with van der Waals surface area (Å²) in [5, 5.41) is 0. The van der Waals surface area contributed by atoms with E-state index in [2.05, 4.69) is 5.73 Å². The summed E-state index contributed by atoms with van der Waals surface area (Å²) >= 11 is 0. The number of nitrogens with two attached hydrogens (primary N) is 1. The van der Waals surface area contributed by atoms with Crippen molar-refractivity contribution in [3.63, 3.8) is 0 Å². The van der Waals surface area contributed by atoms with Crippen LogP contribution in [-0.4, -0.2) is 30.2 Å². The summed E-state index contributed by atoms with van der Waals surface area (Å²) in [5.74, 6) is -23.1. The van der Waals surface area contributed by atoms with Crippen LogP contribution in [0, 0.1) is 0 Å². The summed E-state index contributed by atoms with van der Waals surface area (Å²) in [6, 6.07) is 0. The topological polar surface area (TPSA) is 26.0 Å². The third kappa shape index (κ3) is 2.01. The molecule has 92 valence electrons. The molecule has 0 aliphatic carbocycles. The molecule has 15 heavy (non-hydrogen) atoms. The van der Waals surface area contributed by atoms with E-state index in [9.17, 15) is 35.1 Å². The Morgan fingerprint density at radius 3 is 1.33 bits per heavy atom. The minimum Gasteiger partial charge on any atom is -0.325 e. The van der Waals surface area contributed by atoms with Crippen LogP contribution in [0.25, 0.3) is 0 Å². The van der Waals surface area contributed by atoms with Gasteiger partial charge < -0.3 is 5.73 Å². The van der Waals surface area contributed by atoms with Crippen LogP contribution in [0.3, 0.4) is 0 Å². The van der Waals surface area contributed by atoms with Crippen molar-refractivity contribution < 1.29 is 35.1 Å². The largest absolute Gasteiger partial charge is 0.379 e. The lowest BCUT2D eigenvalue weighted by atomic mass is 10.00. The summed E-state index contributed by atoms with van der Waals surface area (Å²) in [5.41, 5.74) is 4.12. The number of alkyl halides is 8. The molecule has 0 unspecified atom stereocenters. The maximum Gasteiger partial charge on any atom is 0.379 e. The van der Waals surface area contributed by atoms with Gasteiger partial charge in [-0.05, 0) is 0 Å². The molecule has 0 aromatic heterocycles. The van der Waals surface area contributed by atoms with Gasteiger partial charge in [-0.3, -0.25) is 0 Å². The molecule has 0 bridgehead atoms. The van der Waals surface area contributed by atoms with Crippen LogP contribution in [0.15, 0.2) is 0 Å². The van der Waals surface area contributed by atoms with E-state index in [1.165, 1.54) is 0 Å². The first-order valence-electron chi connectivity index (χ1n) is 3.52. The van der Waals surface area contributed by atoms with Crippen LogP contribution < -0.4 is 5.73 Å². The minimum absolute atomic E-state index is 0.576. The van der Waals surface area contributed by atoms with E-state index in [0.717, 1.165) is 0 Å². The second-order valence-electron chi connectivity index (χ2n) is 2.95. The molecule has 0 aliphatic rings. The highest BCUT2D eigenvalue weighted by molar-refractivity contribution is 5.02. The van der Waals surface area contributed by atoms with Gasteiger partial charge in [-0.2, -0.15) is 35.1 Å². The summed E-state index contributed by atoms with van der Waals surface area (Å²) in [4.78, 5) is 0. The molecule has 0 atom stereocenters. The first-order chi connectivity index (χ1) is 6.31. The van der Waals surface area contributed by atoms with Gasteiger partial charge in [-0.1, -0.05) is 0 Å². The van der Waals surface area contributed by atoms with Crippen LogP contribution in [0.2, 0.25) is 0 Å². The highest BCUT2D eigenvalue weighted by atomic mass is 19.4. The van der Waals surface area contributed by atoms with Crippen molar-refractivity contribution in [3.8, 4) is 0 Å². The van der Waals surface area contributed by atoms with Crippen LogP contribution in [0.1, 0.15) is 6.92 Å². The van der Waals surface area contributed by atoms with Gasteiger partial charge in [-0.15, -0.1) is 0 Å². The molecule has 2 N–H and O–H groups in total. The molecule has 0 aromatic carbocycles. The highest BCUT2D eigenvalue weighted by Gasteiger charge is 2.78. The minimum atomic E-state index is -6.22. The highest BCUT2D eigenvalue weighted by Crippen LogP contribution is 2.51. The first-order valence-corrected chi connectivity index (χ1v) is 3.52. The summed E-state index contributed by atoms with van der Waals surface area (Å²) in [6.07, 6.45) is 0. The average molecular weight is 245 g/mol. The van der Waals surface area contributed by atoms with Crippen LogP contribution in [0.5, 0.6) is 0 Å². The molecule has 0 radical (unpaired) electrons. The van der Waals surface area contributed by atoms with Crippen molar-refractivity contribution in [2.45, 2.75) is 30.6 Å². The van der Waals surface area contributed by atoms with E-state index in [4.69, 9.17) is 0 Å². The van der Waals surface area contributed by atoms with Gasteiger partial charge in [0, 0.05) is 6.92 Å². The Morgan fingerprint density at radius 2 is 1.13 bits per heavy atom. The molecule has 0 aromatic rings. The van der Waals surface area contributed by atoms with Crippen LogP contribution in [0.4, 0.5) is 35.1 Å². The molecule has 0 amide bonds. The predicted octanol–water partition coefficient (Wildman–Crippen LogP) is 2.51. The molecule has 0 aliphatic heterocycles. The molecular formula is C6H7F8N. The zero-order chi connectivity index (χ0) is 12.7. The molecule has 0 rings (SSSR count). The fourth-order valence-electron chi connectivity index (χ4n) is 0.634. The fraction of sp³-hybridized carbons (Fsp3) is 1.00. The quantitative estimate of drug-likeness (QED) is 0.756. The Bertz CT molecular complexity index is 230. The molecule has 9 heteroatoms. The zero-order valence-corrected chi connectivity index (χ0v) is 7.31. The maximum absolute atomic E-state index is 12.4. The van der Waals surface area contributed by atoms with Gasteiger partial charge in [0.15, 0.2) is 0 Å². The fourth-order valence-corrected chi connectivity index (χ4v) is 0.634. The number of hydrogen-bond acceptors (Lipinski definition) is 1. The van der Waals surface area contributed by atoms with E-state index in [0.29, 0.717) is 0 Å². The molecule has 0 spiro atoms. The van der Waals surface area contributed by atoms with Gasteiger partial charge >= 0.3 is 23.7 Å². The van der Waals surface area contributed by atoms with E-state index in [1.54, 1.807) is 0 Å². The third-order valence-electron chi connectivity index (χ3n) is 1.66. The van der Waals surface area contributed by atoms with Gasteiger partial charge in [-0.25, -0.2) is 0 Å². The first kappa shape index (κ1) is 14.4. The van der Waals surface area contributed by atoms with Gasteiger partial charge in [0.2, 0.25) is 0 Å². The lowest BCUT2D eigenvalue weighted by Crippen LogP contribution is -2.63. The van der Waals surface area contributed by atoms with Crippen molar-refractivity contribution in [2.75, 3.05) is 6.54 Å². The van der Waals surface area contributed by atoms with Gasteiger partial charge in [0.25, 0.3) is 0 Å². The molecule has 0 fully saturated rings. The average Bonchev–Trinajstić information content (AvgIpc) is 2.01. The molecule has 0 saturated heterocycles. The van der Waals surface area contributed by atoms with Crippen LogP contribution in [-0.2, 0) is 0 Å². The summed E-state index contributed by atoms with van der Waals surface area (Å²) in [6.45, 7) is -2.74. The van der Waals surface area contributed by atoms with E-state index < -0.39 is 37.2 Å². The SMILES string of the molecule is CC(F)(F)C(F)(F)C(F)(F)C(F)(F)CN. The Balaban J connectivity index is 5.38. The second-order valence-corrected chi connectivity index (χ2v) is 2.95. The molecular weight excluding hydrogens is 238 g/mol. The lowest BCUT2D eigenvalue weighted by molar-refractivity contribution is -0.359. The maximum atomic E-state index is 12.4. The van der Waals surface area contributed by atoms with Crippen molar-refractivity contribution in [1.82, 2.24) is 0 Å². The van der Waals surface area contributed by atoms with E-state index >= 15 is 0 Å². The van der Waals surface area contributed by atoms with E-state index in [-0.39, 0.29) is 0 Å². The Labute approximate surface area is 79.2 Å². The summed E-state index contributed by atoms with van der Waals surface area (Å²) < 4.78 is 98.2. The van der Waals surface area contributed by atoms with Gasteiger partial charge in [0.05, 0.1) is 6.54 Å². The normalized spacial score (nSPS) is 15.6. The molecule has 0 saturated carbocycles.